The van der Waals surface area contributed by atoms with Crippen molar-refractivity contribution < 1.29 is 31.9 Å². The summed E-state index contributed by atoms with van der Waals surface area (Å²) in [5, 5.41) is 2.60. The standard InChI is InChI=1S/C20H17F3N4O3S/c1-4-16(28)25-10-13-9-15(12-5-7-14(8-6-12)30-20(21,22)23)17-18(27(2)11-26-17)19(13)31(3,24)29/h4-9,24H,1,10H2,2-3H3/p+1/t31-/m1/s1. The van der Waals surface area contributed by atoms with Crippen LogP contribution in [-0.4, -0.2) is 27.3 Å². The van der Waals surface area contributed by atoms with Crippen molar-refractivity contribution in [2.45, 2.75) is 17.8 Å². The number of fused-ring (bicyclic) bond motifs is 1. The van der Waals surface area contributed by atoms with Crippen molar-refractivity contribution in [2.24, 2.45) is 7.05 Å². The first-order valence-corrected chi connectivity index (χ1v) is 10.8. The number of carbonyl (C=O) groups is 1. The van der Waals surface area contributed by atoms with Crippen LogP contribution in [0, 0.1) is 11.1 Å². The Labute approximate surface area is 176 Å². The van der Waals surface area contributed by atoms with Crippen molar-refractivity contribution in [3.63, 3.8) is 0 Å². The number of nitrogens with zero attached hydrogens (tertiary/aromatic N) is 2. The van der Waals surface area contributed by atoms with Crippen LogP contribution in [-0.2, 0) is 28.1 Å². The number of carbonyl (C=O) groups excluding carboxylic acids is 1. The molecule has 0 aliphatic carbocycles. The van der Waals surface area contributed by atoms with Crippen molar-refractivity contribution in [1.82, 2.24) is 9.88 Å². The number of benzene rings is 2. The maximum Gasteiger partial charge on any atom is 0.573 e. The van der Waals surface area contributed by atoms with Crippen LogP contribution < -0.4 is 15.0 Å². The van der Waals surface area contributed by atoms with Crippen molar-refractivity contribution >= 4 is 26.7 Å². The summed E-state index contributed by atoms with van der Waals surface area (Å²) in [6, 6.07) is 6.81. The van der Waals surface area contributed by atoms with Crippen molar-refractivity contribution in [1.29, 1.82) is 4.78 Å². The summed E-state index contributed by atoms with van der Waals surface area (Å²) in [4.78, 5) is 16.1. The van der Waals surface area contributed by atoms with E-state index in [1.807, 2.05) is 0 Å². The fourth-order valence-electron chi connectivity index (χ4n) is 3.17. The Morgan fingerprint density at radius 2 is 2.03 bits per heavy atom. The van der Waals surface area contributed by atoms with E-state index >= 15 is 0 Å². The van der Waals surface area contributed by atoms with Crippen LogP contribution in [0.25, 0.3) is 22.2 Å². The predicted octanol–water partition coefficient (Wildman–Crippen LogP) is 2.98. The van der Waals surface area contributed by atoms with E-state index in [9.17, 15) is 22.2 Å². The molecule has 31 heavy (non-hydrogen) atoms. The van der Waals surface area contributed by atoms with E-state index < -0.39 is 22.0 Å². The first-order chi connectivity index (χ1) is 14.4. The van der Waals surface area contributed by atoms with Gasteiger partial charge in [0.05, 0.1) is 22.3 Å². The molecular weight excluding hydrogens is 433 g/mol. The van der Waals surface area contributed by atoms with Crippen LogP contribution in [0.15, 0.2) is 47.9 Å². The molecule has 0 fully saturated rings. The van der Waals surface area contributed by atoms with Gasteiger partial charge in [0.2, 0.25) is 11.4 Å². The summed E-state index contributed by atoms with van der Waals surface area (Å²) >= 11 is 0. The molecule has 0 aliphatic rings. The Kier molecular flexibility index (Phi) is 5.69. The number of halogens is 3. The highest BCUT2D eigenvalue weighted by Crippen LogP contribution is 2.34. The number of aryl methyl sites for hydroxylation is 1. The number of hydrogen-bond donors (Lipinski definition) is 2. The number of aromatic nitrogens is 2. The minimum absolute atomic E-state index is 0.0344. The lowest BCUT2D eigenvalue weighted by Gasteiger charge is -2.13. The van der Waals surface area contributed by atoms with Gasteiger partial charge in [-0.2, -0.15) is 9.55 Å². The molecule has 0 unspecified atom stereocenters. The smallest absolute Gasteiger partial charge is 0.406 e. The van der Waals surface area contributed by atoms with Gasteiger partial charge in [0.15, 0.2) is 0 Å². The number of ether oxygens (including phenoxy) is 1. The number of hydrogen-bond acceptors (Lipinski definition) is 4. The lowest BCUT2D eigenvalue weighted by Crippen LogP contribution is -2.21. The first-order valence-electron chi connectivity index (χ1n) is 8.81. The molecular formula is C20H18F3N4O3S+. The van der Waals surface area contributed by atoms with Gasteiger partial charge in [0.1, 0.15) is 10.6 Å². The van der Waals surface area contributed by atoms with Gasteiger partial charge in [0.25, 0.3) is 5.52 Å². The minimum Gasteiger partial charge on any atom is -0.406 e. The normalized spacial score (nSPS) is 13.3. The summed E-state index contributed by atoms with van der Waals surface area (Å²) in [6.45, 7) is 3.35. The van der Waals surface area contributed by atoms with Gasteiger partial charge in [0, 0.05) is 12.8 Å². The van der Waals surface area contributed by atoms with Crippen LogP contribution >= 0.6 is 0 Å². The van der Waals surface area contributed by atoms with E-state index in [2.05, 4.69) is 27.9 Å². The zero-order valence-electron chi connectivity index (χ0n) is 16.5. The summed E-state index contributed by atoms with van der Waals surface area (Å²) in [5.74, 6) is -0.830. The SMILES string of the molecule is C=CC(=O)NCc1cc(-c2ccc(OC(F)(F)F)cc2)c2[n+]#cn(C)c2c1[S@](C)(=N)=O. The zero-order chi connectivity index (χ0) is 23.0. The highest BCUT2D eigenvalue weighted by atomic mass is 32.2. The second kappa shape index (κ2) is 7.96. The fraction of sp³-hybridized carbons (Fsp3) is 0.200. The van der Waals surface area contributed by atoms with Crippen LogP contribution in [0.5, 0.6) is 5.75 Å². The predicted molar refractivity (Wildman–Crippen MR) is 107 cm³/mol. The first kappa shape index (κ1) is 22.2. The molecule has 3 aromatic rings. The Hall–Kier alpha value is -3.52. The second-order valence-corrected chi connectivity index (χ2v) is 8.81. The van der Waals surface area contributed by atoms with Crippen molar-refractivity contribution in [3.8, 4) is 16.9 Å². The molecule has 0 radical (unpaired) electrons. The van der Waals surface area contributed by atoms with Gasteiger partial charge in [-0.05, 0) is 35.4 Å². The fourth-order valence-corrected chi connectivity index (χ4v) is 4.41. The third-order valence-corrected chi connectivity index (χ3v) is 5.61. The van der Waals surface area contributed by atoms with E-state index in [0.29, 0.717) is 27.7 Å². The molecule has 7 nitrogen and oxygen atoms in total. The number of amides is 1. The summed E-state index contributed by atoms with van der Waals surface area (Å²) in [5.41, 5.74) is 2.21. The number of nitrogens with one attached hydrogen (secondary N) is 2. The molecule has 1 atom stereocenters. The molecule has 1 aromatic heterocycles. The van der Waals surface area contributed by atoms with Gasteiger partial charge < -0.3 is 10.1 Å². The highest BCUT2D eigenvalue weighted by Gasteiger charge is 2.31. The molecule has 0 saturated carbocycles. The average molecular weight is 451 g/mol. The van der Waals surface area contributed by atoms with Gasteiger partial charge in [-0.3, -0.25) is 4.79 Å². The molecule has 0 bridgehead atoms. The molecule has 2 N–H and O–H groups in total. The average Bonchev–Trinajstić information content (AvgIpc) is 3.05. The van der Waals surface area contributed by atoms with Crippen LogP contribution in [0.4, 0.5) is 13.2 Å². The second-order valence-electron chi connectivity index (χ2n) is 6.72. The molecule has 2 aromatic carbocycles. The third-order valence-electron chi connectivity index (χ3n) is 4.38. The maximum atomic E-state index is 12.8. The summed E-state index contributed by atoms with van der Waals surface area (Å²) in [6.07, 6.45) is 0.263. The van der Waals surface area contributed by atoms with Crippen LogP contribution in [0.2, 0.25) is 0 Å². The quantitative estimate of drug-likeness (QED) is 0.563. The zero-order valence-corrected chi connectivity index (χ0v) is 17.4. The highest BCUT2D eigenvalue weighted by molar-refractivity contribution is 7.92. The van der Waals surface area contributed by atoms with Crippen LogP contribution in [0.1, 0.15) is 5.56 Å². The summed E-state index contributed by atoms with van der Waals surface area (Å²) < 4.78 is 63.6. The van der Waals surface area contributed by atoms with E-state index in [-0.39, 0.29) is 17.2 Å². The van der Waals surface area contributed by atoms with E-state index in [1.165, 1.54) is 35.1 Å². The van der Waals surface area contributed by atoms with E-state index in [0.717, 1.165) is 6.08 Å². The molecule has 0 aliphatic heterocycles. The largest absolute Gasteiger partial charge is 0.573 e. The van der Waals surface area contributed by atoms with E-state index in [1.54, 1.807) is 13.1 Å². The van der Waals surface area contributed by atoms with E-state index in [4.69, 9.17) is 4.78 Å². The van der Waals surface area contributed by atoms with Gasteiger partial charge in [-0.15, -0.1) is 13.2 Å². The topological polar surface area (TPSA) is 98.3 Å². The van der Waals surface area contributed by atoms with Crippen molar-refractivity contribution in [2.75, 3.05) is 6.26 Å². The molecule has 0 saturated heterocycles. The monoisotopic (exact) mass is 451 g/mol. The van der Waals surface area contributed by atoms with Gasteiger partial charge in [-0.1, -0.05) is 18.7 Å². The Bertz CT molecular complexity index is 1260. The minimum atomic E-state index is -4.81. The number of rotatable bonds is 6. The lowest BCUT2D eigenvalue weighted by molar-refractivity contribution is -0.274. The molecule has 3 rings (SSSR count). The van der Waals surface area contributed by atoms with Gasteiger partial charge >= 0.3 is 12.7 Å². The lowest BCUT2D eigenvalue weighted by atomic mass is 10.0. The molecule has 0 spiro atoms. The maximum absolute atomic E-state index is 12.8. The Morgan fingerprint density at radius 1 is 1.39 bits per heavy atom. The molecule has 1 amide bonds. The number of alkyl halides is 3. The van der Waals surface area contributed by atoms with Crippen molar-refractivity contribution in [3.05, 3.63) is 54.9 Å². The van der Waals surface area contributed by atoms with Crippen LogP contribution in [0.3, 0.4) is 0 Å². The Balaban J connectivity index is 2.20. The Morgan fingerprint density at radius 3 is 2.58 bits per heavy atom. The molecule has 162 valence electrons. The van der Waals surface area contributed by atoms with Gasteiger partial charge in [-0.25, -0.2) is 8.99 Å². The third kappa shape index (κ3) is 4.80. The molecule has 11 heteroatoms. The molecule has 1 heterocycles. The summed E-state index contributed by atoms with van der Waals surface area (Å²) in [7, 11) is -1.61.